The Hall–Kier alpha value is -1.43. The van der Waals surface area contributed by atoms with E-state index in [9.17, 15) is 0 Å². The quantitative estimate of drug-likeness (QED) is 0.887. The van der Waals surface area contributed by atoms with Crippen LogP contribution in [0, 0.1) is 0 Å². The molecule has 2 aromatic rings. The molecule has 0 aliphatic carbocycles. The zero-order valence-corrected chi connectivity index (χ0v) is 12.7. The van der Waals surface area contributed by atoms with Crippen molar-refractivity contribution < 1.29 is 9.26 Å². The maximum Gasteiger partial charge on any atom is 0.257 e. The Morgan fingerprint density at radius 3 is 2.60 bits per heavy atom. The molecule has 0 saturated heterocycles. The molecule has 1 aromatic heterocycles. The van der Waals surface area contributed by atoms with Crippen molar-refractivity contribution in [1.29, 1.82) is 0 Å². The average Bonchev–Trinajstić information content (AvgIpc) is 2.88. The van der Waals surface area contributed by atoms with Gasteiger partial charge in [-0.25, -0.2) is 0 Å². The summed E-state index contributed by atoms with van der Waals surface area (Å²) in [6.45, 7) is 2.69. The van der Waals surface area contributed by atoms with Crippen LogP contribution >= 0.6 is 12.4 Å². The van der Waals surface area contributed by atoms with Crippen LogP contribution in [0.15, 0.2) is 28.8 Å². The molecule has 0 spiro atoms. The van der Waals surface area contributed by atoms with Crippen molar-refractivity contribution in [3.05, 3.63) is 35.7 Å². The van der Waals surface area contributed by atoms with E-state index in [1.165, 1.54) is 0 Å². The number of aromatic nitrogens is 2. The highest BCUT2D eigenvalue weighted by Crippen LogP contribution is 2.18. The number of methoxy groups -OCH3 is 1. The summed E-state index contributed by atoms with van der Waals surface area (Å²) in [5.74, 6) is 1.28. The highest BCUT2D eigenvalue weighted by Gasteiger charge is 2.10. The van der Waals surface area contributed by atoms with Gasteiger partial charge in [0.1, 0.15) is 0 Å². The molecule has 1 aromatic carbocycles. The van der Waals surface area contributed by atoms with Gasteiger partial charge in [0.15, 0.2) is 5.82 Å². The average molecular weight is 298 g/mol. The van der Waals surface area contributed by atoms with Crippen LogP contribution in [-0.4, -0.2) is 30.3 Å². The molecule has 0 bridgehead atoms. The Labute approximate surface area is 125 Å². The van der Waals surface area contributed by atoms with E-state index in [0.29, 0.717) is 18.5 Å². The third kappa shape index (κ3) is 4.30. The Morgan fingerprint density at radius 2 is 2.00 bits per heavy atom. The van der Waals surface area contributed by atoms with Gasteiger partial charge in [-0.1, -0.05) is 17.3 Å². The van der Waals surface area contributed by atoms with E-state index in [1.807, 2.05) is 31.3 Å². The lowest BCUT2D eigenvalue weighted by Crippen LogP contribution is -2.24. The number of benzene rings is 1. The summed E-state index contributed by atoms with van der Waals surface area (Å²) in [4.78, 5) is 4.40. The molecule has 0 radical (unpaired) electrons. The predicted molar refractivity (Wildman–Crippen MR) is 79.9 cm³/mol. The minimum absolute atomic E-state index is 0. The van der Waals surface area contributed by atoms with Crippen molar-refractivity contribution in [2.45, 2.75) is 26.0 Å². The highest BCUT2D eigenvalue weighted by molar-refractivity contribution is 5.85. The monoisotopic (exact) mass is 297 g/mol. The summed E-state index contributed by atoms with van der Waals surface area (Å²) in [7, 11) is 3.60. The maximum atomic E-state index is 5.28. The SMILES string of the molecule is CNC(C)Cc1noc(-c2ccc(COC)cc2)n1.Cl. The molecule has 0 aliphatic rings. The van der Waals surface area contributed by atoms with E-state index < -0.39 is 0 Å². The molecule has 1 heterocycles. The number of hydrogen-bond acceptors (Lipinski definition) is 5. The second-order valence-corrected chi connectivity index (χ2v) is 4.54. The van der Waals surface area contributed by atoms with E-state index in [4.69, 9.17) is 9.26 Å². The minimum Gasteiger partial charge on any atom is -0.380 e. The van der Waals surface area contributed by atoms with Gasteiger partial charge in [-0.2, -0.15) is 4.98 Å². The molecule has 5 nitrogen and oxygen atoms in total. The van der Waals surface area contributed by atoms with Gasteiger partial charge >= 0.3 is 0 Å². The molecule has 6 heteroatoms. The molecule has 0 amide bonds. The zero-order chi connectivity index (χ0) is 13.7. The second kappa shape index (κ2) is 7.99. The lowest BCUT2D eigenvalue weighted by atomic mass is 10.1. The van der Waals surface area contributed by atoms with Crippen molar-refractivity contribution in [2.24, 2.45) is 0 Å². The summed E-state index contributed by atoms with van der Waals surface area (Å²) >= 11 is 0. The summed E-state index contributed by atoms with van der Waals surface area (Å²) in [6.07, 6.45) is 0.752. The topological polar surface area (TPSA) is 60.2 Å². The first kappa shape index (κ1) is 16.6. The fourth-order valence-electron chi connectivity index (χ4n) is 1.74. The normalized spacial score (nSPS) is 11.9. The van der Waals surface area contributed by atoms with Gasteiger partial charge in [0, 0.05) is 25.1 Å². The number of halogens is 1. The summed E-state index contributed by atoms with van der Waals surface area (Å²) in [5, 5.41) is 7.14. The highest BCUT2D eigenvalue weighted by atomic mass is 35.5. The lowest BCUT2D eigenvalue weighted by Gasteiger charge is -2.04. The Bertz CT molecular complexity index is 513. The fourth-order valence-corrected chi connectivity index (χ4v) is 1.74. The third-order valence-electron chi connectivity index (χ3n) is 2.96. The van der Waals surface area contributed by atoms with Gasteiger partial charge in [0.2, 0.25) is 0 Å². The first-order chi connectivity index (χ1) is 9.22. The number of rotatable bonds is 6. The smallest absolute Gasteiger partial charge is 0.257 e. The van der Waals surface area contributed by atoms with Crippen molar-refractivity contribution >= 4 is 12.4 Å². The molecule has 1 atom stereocenters. The number of likely N-dealkylation sites (N-methyl/N-ethyl adjacent to an activating group) is 1. The number of nitrogens with zero attached hydrogens (tertiary/aromatic N) is 2. The van der Waals surface area contributed by atoms with Crippen molar-refractivity contribution in [2.75, 3.05) is 14.2 Å². The molecule has 0 saturated carbocycles. The van der Waals surface area contributed by atoms with E-state index in [2.05, 4.69) is 22.4 Å². The van der Waals surface area contributed by atoms with Crippen molar-refractivity contribution in [1.82, 2.24) is 15.5 Å². The van der Waals surface area contributed by atoms with Gasteiger partial charge in [0.25, 0.3) is 5.89 Å². The Kier molecular flexibility index (Phi) is 6.64. The van der Waals surface area contributed by atoms with Gasteiger partial charge in [-0.15, -0.1) is 12.4 Å². The summed E-state index contributed by atoms with van der Waals surface area (Å²) < 4.78 is 10.4. The standard InChI is InChI=1S/C14H19N3O2.ClH/c1-10(15-2)8-13-16-14(19-17-13)12-6-4-11(5-7-12)9-18-3;/h4-7,10,15H,8-9H2,1-3H3;1H. The van der Waals surface area contributed by atoms with Gasteiger partial charge in [0.05, 0.1) is 6.61 Å². The van der Waals surface area contributed by atoms with Crippen LogP contribution in [-0.2, 0) is 17.8 Å². The van der Waals surface area contributed by atoms with Crippen LogP contribution in [0.2, 0.25) is 0 Å². The lowest BCUT2D eigenvalue weighted by molar-refractivity contribution is 0.185. The number of hydrogen-bond donors (Lipinski definition) is 1. The van der Waals surface area contributed by atoms with E-state index >= 15 is 0 Å². The Morgan fingerprint density at radius 1 is 1.30 bits per heavy atom. The van der Waals surface area contributed by atoms with Crippen molar-refractivity contribution in [3.8, 4) is 11.5 Å². The predicted octanol–water partition coefficient (Wildman–Crippen LogP) is 2.46. The summed E-state index contributed by atoms with van der Waals surface area (Å²) in [5.41, 5.74) is 2.05. The molecule has 0 fully saturated rings. The molecule has 1 unspecified atom stereocenters. The van der Waals surface area contributed by atoms with E-state index in [-0.39, 0.29) is 12.4 Å². The van der Waals surface area contributed by atoms with Crippen LogP contribution in [0.1, 0.15) is 18.3 Å². The van der Waals surface area contributed by atoms with Crippen LogP contribution in [0.4, 0.5) is 0 Å². The first-order valence-corrected chi connectivity index (χ1v) is 6.31. The van der Waals surface area contributed by atoms with Gasteiger partial charge in [-0.05, 0) is 31.7 Å². The third-order valence-corrected chi connectivity index (χ3v) is 2.96. The molecule has 110 valence electrons. The van der Waals surface area contributed by atoms with Crippen molar-refractivity contribution in [3.63, 3.8) is 0 Å². The first-order valence-electron chi connectivity index (χ1n) is 6.31. The van der Waals surface area contributed by atoms with Crippen LogP contribution in [0.25, 0.3) is 11.5 Å². The molecular formula is C14H20ClN3O2. The molecule has 2 rings (SSSR count). The maximum absolute atomic E-state index is 5.28. The largest absolute Gasteiger partial charge is 0.380 e. The fraction of sp³-hybridized carbons (Fsp3) is 0.429. The zero-order valence-electron chi connectivity index (χ0n) is 11.9. The molecule has 0 aliphatic heterocycles. The molecule has 1 N–H and O–H groups in total. The van der Waals surface area contributed by atoms with Gasteiger partial charge in [-0.3, -0.25) is 0 Å². The molecular weight excluding hydrogens is 278 g/mol. The Balaban J connectivity index is 0.00000200. The molecule has 20 heavy (non-hydrogen) atoms. The van der Waals surface area contributed by atoms with E-state index in [1.54, 1.807) is 7.11 Å². The van der Waals surface area contributed by atoms with Crippen LogP contribution in [0.5, 0.6) is 0 Å². The van der Waals surface area contributed by atoms with Crippen LogP contribution in [0.3, 0.4) is 0 Å². The van der Waals surface area contributed by atoms with E-state index in [0.717, 1.165) is 23.4 Å². The number of nitrogens with one attached hydrogen (secondary N) is 1. The second-order valence-electron chi connectivity index (χ2n) is 4.54. The van der Waals surface area contributed by atoms with Gasteiger partial charge < -0.3 is 14.6 Å². The number of ether oxygens (including phenoxy) is 1. The van der Waals surface area contributed by atoms with Crippen LogP contribution < -0.4 is 5.32 Å². The minimum atomic E-state index is 0. The summed E-state index contributed by atoms with van der Waals surface area (Å²) in [6, 6.07) is 8.26.